The summed E-state index contributed by atoms with van der Waals surface area (Å²) in [6.45, 7) is -0.183. The van der Waals surface area contributed by atoms with Crippen LogP contribution in [0.25, 0.3) is 0 Å². The summed E-state index contributed by atoms with van der Waals surface area (Å²) in [7, 11) is 0. The Morgan fingerprint density at radius 2 is 1.85 bits per heavy atom. The second-order valence-corrected chi connectivity index (χ2v) is 4.52. The summed E-state index contributed by atoms with van der Waals surface area (Å²) in [5.74, 6) is -0.384. The first-order valence-corrected chi connectivity index (χ1v) is 6.38. The van der Waals surface area contributed by atoms with Gasteiger partial charge in [-0.25, -0.2) is 0 Å². The lowest BCUT2D eigenvalue weighted by Crippen LogP contribution is -2.39. The van der Waals surface area contributed by atoms with Crippen LogP contribution in [0.5, 0.6) is 0 Å². The number of aliphatic hydroxyl groups is 1. The molecule has 0 aliphatic heterocycles. The quantitative estimate of drug-likeness (QED) is 0.783. The van der Waals surface area contributed by atoms with E-state index in [1.807, 2.05) is 6.92 Å². The Bertz CT molecular complexity index is 429. The first-order valence-electron chi connectivity index (χ1n) is 6.38. The van der Waals surface area contributed by atoms with Crippen LogP contribution in [0.15, 0.2) is 24.3 Å². The first kappa shape index (κ1) is 16.7. The molecule has 0 fully saturated rings. The van der Waals surface area contributed by atoms with E-state index in [1.165, 1.54) is 0 Å². The monoisotopic (exact) mass is 289 g/mol. The number of aryl methyl sites for hydroxylation is 1. The van der Waals surface area contributed by atoms with Gasteiger partial charge in [0.1, 0.15) is 0 Å². The summed E-state index contributed by atoms with van der Waals surface area (Å²) in [5, 5.41) is 8.76. The lowest BCUT2D eigenvalue weighted by Gasteiger charge is -2.21. The molecule has 1 N–H and O–H groups in total. The maximum absolute atomic E-state index is 12.3. The van der Waals surface area contributed by atoms with Gasteiger partial charge in [-0.05, 0) is 12.0 Å². The predicted octanol–water partition coefficient (Wildman–Crippen LogP) is 2.29. The summed E-state index contributed by atoms with van der Waals surface area (Å²) in [5.41, 5.74) is 1.44. The van der Waals surface area contributed by atoms with E-state index >= 15 is 0 Å². The molecule has 20 heavy (non-hydrogen) atoms. The third-order valence-electron chi connectivity index (χ3n) is 2.87. The summed E-state index contributed by atoms with van der Waals surface area (Å²) in [6.07, 6.45) is -3.55. The number of benzene rings is 1. The zero-order valence-electron chi connectivity index (χ0n) is 11.3. The van der Waals surface area contributed by atoms with Crippen LogP contribution in [0, 0.1) is 0 Å². The lowest BCUT2D eigenvalue weighted by molar-refractivity contribution is -0.145. The topological polar surface area (TPSA) is 40.5 Å². The summed E-state index contributed by atoms with van der Waals surface area (Å²) >= 11 is 0. The molecular formula is C14H18F3NO2. The number of ketones is 1. The van der Waals surface area contributed by atoms with Gasteiger partial charge in [-0.3, -0.25) is 9.69 Å². The summed E-state index contributed by atoms with van der Waals surface area (Å²) in [6, 6.07) is 6.80. The number of hydrogen-bond donors (Lipinski definition) is 1. The molecule has 0 aliphatic rings. The smallest absolute Gasteiger partial charge is 0.395 e. The van der Waals surface area contributed by atoms with E-state index in [1.54, 1.807) is 24.3 Å². The third-order valence-corrected chi connectivity index (χ3v) is 2.87. The largest absolute Gasteiger partial charge is 0.401 e. The van der Waals surface area contributed by atoms with Crippen molar-refractivity contribution < 1.29 is 23.1 Å². The number of nitrogens with zero attached hydrogens (tertiary/aromatic N) is 1. The van der Waals surface area contributed by atoms with Gasteiger partial charge in [0.2, 0.25) is 0 Å². The van der Waals surface area contributed by atoms with Crippen molar-refractivity contribution in [3.63, 3.8) is 0 Å². The van der Waals surface area contributed by atoms with Gasteiger partial charge in [-0.1, -0.05) is 31.2 Å². The molecule has 0 unspecified atom stereocenters. The molecule has 0 aromatic heterocycles. The van der Waals surface area contributed by atoms with Gasteiger partial charge in [0.05, 0.1) is 19.7 Å². The minimum Gasteiger partial charge on any atom is -0.395 e. The zero-order chi connectivity index (χ0) is 15.2. The normalized spacial score (nSPS) is 11.9. The molecule has 0 aliphatic carbocycles. The Balaban J connectivity index is 2.69. The molecule has 0 saturated carbocycles. The minimum absolute atomic E-state index is 0.182. The number of halogens is 3. The van der Waals surface area contributed by atoms with E-state index in [0.717, 1.165) is 16.9 Å². The number of hydrogen-bond acceptors (Lipinski definition) is 3. The van der Waals surface area contributed by atoms with Gasteiger partial charge in [-0.15, -0.1) is 0 Å². The van der Waals surface area contributed by atoms with Crippen molar-refractivity contribution in [2.45, 2.75) is 19.5 Å². The highest BCUT2D eigenvalue weighted by atomic mass is 19.4. The zero-order valence-corrected chi connectivity index (χ0v) is 11.3. The highest BCUT2D eigenvalue weighted by Gasteiger charge is 2.31. The van der Waals surface area contributed by atoms with Crippen molar-refractivity contribution in [1.82, 2.24) is 4.90 Å². The van der Waals surface area contributed by atoms with E-state index in [9.17, 15) is 18.0 Å². The molecular weight excluding hydrogens is 271 g/mol. The molecule has 0 heterocycles. The lowest BCUT2D eigenvalue weighted by atomic mass is 10.1. The van der Waals surface area contributed by atoms with Crippen molar-refractivity contribution in [3.8, 4) is 0 Å². The van der Waals surface area contributed by atoms with Crippen molar-refractivity contribution >= 4 is 5.78 Å². The van der Waals surface area contributed by atoms with Gasteiger partial charge >= 0.3 is 6.18 Å². The van der Waals surface area contributed by atoms with Crippen LogP contribution >= 0.6 is 0 Å². The molecule has 112 valence electrons. The van der Waals surface area contributed by atoms with Crippen molar-refractivity contribution in [3.05, 3.63) is 35.4 Å². The molecule has 6 heteroatoms. The van der Waals surface area contributed by atoms with E-state index in [0.29, 0.717) is 5.56 Å². The van der Waals surface area contributed by atoms with Crippen molar-refractivity contribution in [2.24, 2.45) is 0 Å². The first-order chi connectivity index (χ1) is 9.35. The van der Waals surface area contributed by atoms with E-state index in [4.69, 9.17) is 5.11 Å². The maximum atomic E-state index is 12.3. The maximum Gasteiger partial charge on any atom is 0.401 e. The molecule has 1 aromatic rings. The highest BCUT2D eigenvalue weighted by molar-refractivity contribution is 5.97. The average Bonchev–Trinajstić information content (AvgIpc) is 2.37. The van der Waals surface area contributed by atoms with Crippen LogP contribution in [-0.2, 0) is 6.42 Å². The van der Waals surface area contributed by atoms with E-state index in [-0.39, 0.29) is 18.9 Å². The van der Waals surface area contributed by atoms with Crippen LogP contribution in [0.2, 0.25) is 0 Å². The Morgan fingerprint density at radius 3 is 2.30 bits per heavy atom. The van der Waals surface area contributed by atoms with Gasteiger partial charge in [-0.2, -0.15) is 13.2 Å². The van der Waals surface area contributed by atoms with Crippen LogP contribution in [-0.4, -0.2) is 48.2 Å². The second-order valence-electron chi connectivity index (χ2n) is 4.52. The Kier molecular flexibility index (Phi) is 6.16. The molecule has 1 rings (SSSR count). The van der Waals surface area contributed by atoms with E-state index in [2.05, 4.69) is 0 Å². The highest BCUT2D eigenvalue weighted by Crippen LogP contribution is 2.16. The molecule has 0 saturated heterocycles. The number of alkyl halides is 3. The van der Waals surface area contributed by atoms with Gasteiger partial charge in [0, 0.05) is 12.1 Å². The molecule has 1 aromatic carbocycles. The Morgan fingerprint density at radius 1 is 1.25 bits per heavy atom. The van der Waals surface area contributed by atoms with Crippen LogP contribution in [0.4, 0.5) is 13.2 Å². The summed E-state index contributed by atoms with van der Waals surface area (Å²) < 4.78 is 37.0. The Labute approximate surface area is 116 Å². The molecule has 0 amide bonds. The molecule has 3 nitrogen and oxygen atoms in total. The minimum atomic E-state index is -4.39. The molecule has 0 spiro atoms. The predicted molar refractivity (Wildman–Crippen MR) is 69.7 cm³/mol. The van der Waals surface area contributed by atoms with Gasteiger partial charge in [0.25, 0.3) is 0 Å². The number of Topliss-reactive ketones (excluding diaryl/α,β-unsaturated/α-hetero) is 1. The second kappa shape index (κ2) is 7.40. The number of carbonyl (C=O) groups excluding carboxylic acids is 1. The third kappa shape index (κ3) is 5.71. The van der Waals surface area contributed by atoms with E-state index < -0.39 is 19.3 Å². The number of rotatable bonds is 7. The molecule has 0 atom stereocenters. The molecule has 0 bridgehead atoms. The Hall–Kier alpha value is -1.40. The fraction of sp³-hybridized carbons (Fsp3) is 0.500. The van der Waals surface area contributed by atoms with Gasteiger partial charge < -0.3 is 5.11 Å². The SMILES string of the molecule is CCc1ccc(C(=O)CN(CCO)CC(F)(F)F)cc1. The number of carbonyl (C=O) groups is 1. The number of aliphatic hydroxyl groups excluding tert-OH is 1. The van der Waals surface area contributed by atoms with Crippen LogP contribution in [0.1, 0.15) is 22.8 Å². The average molecular weight is 289 g/mol. The standard InChI is InChI=1S/C14H18F3NO2/c1-2-11-3-5-12(6-4-11)13(20)9-18(7-8-19)10-14(15,16)17/h3-6,19H,2,7-10H2,1H3. The fourth-order valence-corrected chi connectivity index (χ4v) is 1.83. The van der Waals surface area contributed by atoms with Crippen LogP contribution < -0.4 is 0 Å². The van der Waals surface area contributed by atoms with Gasteiger partial charge in [0.15, 0.2) is 5.78 Å². The summed E-state index contributed by atoms with van der Waals surface area (Å²) in [4.78, 5) is 12.8. The van der Waals surface area contributed by atoms with Crippen molar-refractivity contribution in [1.29, 1.82) is 0 Å². The van der Waals surface area contributed by atoms with Crippen molar-refractivity contribution in [2.75, 3.05) is 26.2 Å². The van der Waals surface area contributed by atoms with Crippen LogP contribution in [0.3, 0.4) is 0 Å². The fourth-order valence-electron chi connectivity index (χ4n) is 1.83. The molecule has 0 radical (unpaired) electrons.